The Morgan fingerprint density at radius 3 is 2.05 bits per heavy atom. The molecule has 1 aromatic rings. The van der Waals surface area contributed by atoms with E-state index in [0.717, 1.165) is 12.1 Å². The summed E-state index contributed by atoms with van der Waals surface area (Å²) >= 11 is 0. The number of carboxylic acids is 1. The van der Waals surface area contributed by atoms with Crippen LogP contribution < -0.4 is 58.6 Å². The number of carbonyl (C=O) groups is 9. The molecule has 0 radical (unpaired) electrons. The molecule has 0 aromatic heterocycles. The summed E-state index contributed by atoms with van der Waals surface area (Å²) in [6, 6.07) is -2.44. The van der Waals surface area contributed by atoms with E-state index < -0.39 is 121 Å². The van der Waals surface area contributed by atoms with Crippen LogP contribution in [0.25, 0.3) is 0 Å². The SMILES string of the molecule is C=CC(=O)OCc1cc(OC)c(OCCCC(=O)NCC(=O)NC(CCCN=C(N)N)C(=O)NCC(=O)NC(CC(=O)O)C(=O)NC(CO)C(=O)NCC(N)=O)cc1[N+](=O)[O-]. The molecule has 1 rings (SSSR count). The number of nitrogens with two attached hydrogens (primary N) is 3. The van der Waals surface area contributed by atoms with Crippen molar-refractivity contribution in [2.24, 2.45) is 22.2 Å². The average molecular weight is 868 g/mol. The molecule has 0 spiro atoms. The number of nitro groups is 1. The topological polar surface area (TPSA) is 428 Å². The summed E-state index contributed by atoms with van der Waals surface area (Å²) in [5.74, 6) is -9.14. The summed E-state index contributed by atoms with van der Waals surface area (Å²) < 4.78 is 15.7. The quantitative estimate of drug-likeness (QED) is 0.00682. The summed E-state index contributed by atoms with van der Waals surface area (Å²) in [5, 5.41) is 43.5. The van der Waals surface area contributed by atoms with Crippen LogP contribution in [-0.2, 0) is 54.5 Å². The third-order valence-corrected chi connectivity index (χ3v) is 7.65. The van der Waals surface area contributed by atoms with Crippen molar-refractivity contribution in [1.82, 2.24) is 31.9 Å². The zero-order valence-corrected chi connectivity index (χ0v) is 32.9. The van der Waals surface area contributed by atoms with Gasteiger partial charge in [0.25, 0.3) is 5.69 Å². The van der Waals surface area contributed by atoms with Crippen molar-refractivity contribution in [3.05, 3.63) is 40.5 Å². The number of nitro benzene ring substituents is 1. The molecule has 0 aliphatic heterocycles. The molecule has 27 nitrogen and oxygen atoms in total. The highest BCUT2D eigenvalue weighted by molar-refractivity contribution is 5.96. The number of hydrogen-bond acceptors (Lipinski definition) is 16. The van der Waals surface area contributed by atoms with Gasteiger partial charge in [-0.25, -0.2) is 4.79 Å². The first-order chi connectivity index (χ1) is 28.8. The number of carbonyl (C=O) groups excluding carboxylic acids is 8. The normalized spacial score (nSPS) is 11.8. The maximum atomic E-state index is 13.1. The summed E-state index contributed by atoms with van der Waals surface area (Å²) in [5.41, 5.74) is 15.2. The van der Waals surface area contributed by atoms with Gasteiger partial charge in [-0.3, -0.25) is 53.5 Å². The minimum absolute atomic E-state index is 0.0215. The Hall–Kier alpha value is -7.58. The van der Waals surface area contributed by atoms with Crippen LogP contribution in [0.1, 0.15) is 37.7 Å². The van der Waals surface area contributed by atoms with Crippen molar-refractivity contribution in [2.75, 3.05) is 46.5 Å². The third-order valence-electron chi connectivity index (χ3n) is 7.65. The van der Waals surface area contributed by atoms with E-state index in [1.807, 2.05) is 10.6 Å². The first-order valence-corrected chi connectivity index (χ1v) is 18.0. The van der Waals surface area contributed by atoms with Crippen molar-refractivity contribution >= 4 is 64.9 Å². The Labute approximate surface area is 346 Å². The minimum Gasteiger partial charge on any atom is -0.493 e. The van der Waals surface area contributed by atoms with Gasteiger partial charge in [-0.05, 0) is 25.3 Å². The molecule has 0 saturated carbocycles. The second-order valence-corrected chi connectivity index (χ2v) is 12.4. The molecule has 1 aromatic carbocycles. The molecule has 0 heterocycles. The number of nitrogens with zero attached hydrogens (tertiary/aromatic N) is 2. The van der Waals surface area contributed by atoms with Crippen LogP contribution in [0.3, 0.4) is 0 Å². The predicted octanol–water partition coefficient (Wildman–Crippen LogP) is -5.20. The van der Waals surface area contributed by atoms with Crippen LogP contribution >= 0.6 is 0 Å². The fraction of sp³-hybridized carbons (Fsp3) is 0.471. The Kier molecular flexibility index (Phi) is 22.9. The largest absolute Gasteiger partial charge is 0.493 e. The number of nitrogens with one attached hydrogen (secondary N) is 6. The summed E-state index contributed by atoms with van der Waals surface area (Å²) in [6.45, 7) is -0.308. The maximum absolute atomic E-state index is 13.1. The van der Waals surface area contributed by atoms with Crippen LogP contribution in [0.2, 0.25) is 0 Å². The number of aliphatic carboxylic acids is 1. The fourth-order valence-corrected chi connectivity index (χ4v) is 4.74. The Bertz CT molecular complexity index is 1820. The number of methoxy groups -OCH3 is 1. The van der Waals surface area contributed by atoms with Crippen LogP contribution in [0.15, 0.2) is 29.8 Å². The lowest BCUT2D eigenvalue weighted by atomic mass is 10.1. The number of esters is 1. The van der Waals surface area contributed by atoms with Gasteiger partial charge in [-0.15, -0.1) is 0 Å². The third kappa shape index (κ3) is 20.6. The highest BCUT2D eigenvalue weighted by Crippen LogP contribution is 2.35. The average Bonchev–Trinajstić information content (AvgIpc) is 3.20. The number of aliphatic hydroxyl groups excluding tert-OH is 1. The van der Waals surface area contributed by atoms with E-state index in [4.69, 9.17) is 31.4 Å². The van der Waals surface area contributed by atoms with Gasteiger partial charge >= 0.3 is 11.9 Å². The molecule has 0 bridgehead atoms. The molecule has 7 amide bonds. The van der Waals surface area contributed by atoms with Crippen molar-refractivity contribution < 1.29 is 72.5 Å². The number of amides is 7. The second kappa shape index (κ2) is 27.2. The highest BCUT2D eigenvalue weighted by atomic mass is 16.6. The zero-order valence-electron chi connectivity index (χ0n) is 32.9. The number of aliphatic imine (C=N–C) groups is 1. The lowest BCUT2D eigenvalue weighted by Crippen LogP contribution is -2.57. The smallest absolute Gasteiger partial charge is 0.330 e. The molecular weight excluding hydrogens is 818 g/mol. The first-order valence-electron chi connectivity index (χ1n) is 18.0. The Morgan fingerprint density at radius 1 is 0.852 bits per heavy atom. The van der Waals surface area contributed by atoms with Gasteiger partial charge in [-0.2, -0.15) is 0 Å². The van der Waals surface area contributed by atoms with Crippen molar-refractivity contribution in [3.8, 4) is 11.5 Å². The van der Waals surface area contributed by atoms with Crippen molar-refractivity contribution in [2.45, 2.75) is 56.8 Å². The number of primary amides is 1. The van der Waals surface area contributed by atoms with E-state index in [2.05, 4.69) is 32.8 Å². The van der Waals surface area contributed by atoms with Crippen LogP contribution in [0.5, 0.6) is 11.5 Å². The molecule has 3 unspecified atom stereocenters. The number of aliphatic hydroxyl groups is 1. The van der Waals surface area contributed by atoms with Crippen LogP contribution in [0, 0.1) is 10.1 Å². The van der Waals surface area contributed by atoms with Crippen molar-refractivity contribution in [3.63, 3.8) is 0 Å². The number of rotatable bonds is 29. The number of hydrogen-bond donors (Lipinski definition) is 11. The van der Waals surface area contributed by atoms with Crippen molar-refractivity contribution in [1.29, 1.82) is 0 Å². The number of ether oxygens (including phenoxy) is 3. The molecule has 0 aliphatic rings. The molecule has 336 valence electrons. The molecule has 27 heteroatoms. The van der Waals surface area contributed by atoms with Gasteiger partial charge in [-0.1, -0.05) is 6.58 Å². The van der Waals surface area contributed by atoms with Gasteiger partial charge in [0.1, 0.15) is 24.7 Å². The Balaban J connectivity index is 2.82. The molecule has 3 atom stereocenters. The minimum atomic E-state index is -1.80. The zero-order chi connectivity index (χ0) is 46.1. The monoisotopic (exact) mass is 867 g/mol. The first kappa shape index (κ1) is 51.4. The van der Waals surface area contributed by atoms with E-state index >= 15 is 0 Å². The predicted molar refractivity (Wildman–Crippen MR) is 208 cm³/mol. The Morgan fingerprint density at radius 2 is 1.48 bits per heavy atom. The van der Waals surface area contributed by atoms with Gasteiger partial charge in [0.05, 0.1) is 62.9 Å². The van der Waals surface area contributed by atoms with Gasteiger partial charge < -0.3 is 73.5 Å². The summed E-state index contributed by atoms with van der Waals surface area (Å²) in [4.78, 5) is 124. The standard InChI is InChI=1S/C34H49N11O16/c1-3-30(53)61-17-18-10-23(59-2)24(12-22(18)45(57)58)60-9-5-7-26(48)39-14-27(49)42-19(6-4-8-38-34(36)37)31(54)41-15-28(50)43-20(11-29(51)52)33(56)44-21(16-46)32(55)40-13-25(35)47/h3,10,12,19-21,46H,1,4-9,11,13-17H2,2H3,(H2,35,47)(H,39,48)(H,40,55)(H,41,54)(H,42,49)(H,43,50)(H,44,56)(H,51,52)(H4,36,37,38). The number of guanidine groups is 1. The summed E-state index contributed by atoms with van der Waals surface area (Å²) in [7, 11) is 1.28. The van der Waals surface area contributed by atoms with Gasteiger partial charge in [0.2, 0.25) is 41.4 Å². The van der Waals surface area contributed by atoms with Crippen LogP contribution in [-0.4, -0.2) is 139 Å². The molecular formula is C34H49N11O16. The highest BCUT2D eigenvalue weighted by Gasteiger charge is 2.29. The summed E-state index contributed by atoms with van der Waals surface area (Å²) in [6.07, 6.45) is -0.119. The van der Waals surface area contributed by atoms with E-state index in [1.165, 1.54) is 13.2 Å². The van der Waals surface area contributed by atoms with E-state index in [9.17, 15) is 63.5 Å². The van der Waals surface area contributed by atoms with Crippen LogP contribution in [0.4, 0.5) is 5.69 Å². The van der Waals surface area contributed by atoms with E-state index in [1.54, 1.807) is 0 Å². The van der Waals surface area contributed by atoms with E-state index in [-0.39, 0.29) is 61.9 Å². The number of benzene rings is 1. The molecule has 0 saturated heterocycles. The molecule has 0 aliphatic carbocycles. The molecule has 61 heavy (non-hydrogen) atoms. The fourth-order valence-electron chi connectivity index (χ4n) is 4.74. The van der Waals surface area contributed by atoms with Gasteiger partial charge in [0, 0.05) is 19.0 Å². The lowest BCUT2D eigenvalue weighted by Gasteiger charge is -2.22. The maximum Gasteiger partial charge on any atom is 0.330 e. The lowest BCUT2D eigenvalue weighted by molar-refractivity contribution is -0.385. The second-order valence-electron chi connectivity index (χ2n) is 12.4. The van der Waals surface area contributed by atoms with Gasteiger partial charge in [0.15, 0.2) is 17.5 Å². The molecule has 14 N–H and O–H groups in total. The van der Waals surface area contributed by atoms with E-state index in [0.29, 0.717) is 0 Å². The molecule has 0 fully saturated rings. The number of carboxylic acid groups (broad SMARTS) is 1.